The third-order valence-corrected chi connectivity index (χ3v) is 4.18. The van der Waals surface area contributed by atoms with Gasteiger partial charge in [-0.3, -0.25) is 9.59 Å². The maximum absolute atomic E-state index is 12.5. The van der Waals surface area contributed by atoms with Crippen LogP contribution in [0, 0.1) is 5.92 Å². The predicted molar refractivity (Wildman–Crippen MR) is 88.7 cm³/mol. The van der Waals surface area contributed by atoms with E-state index in [9.17, 15) is 9.59 Å². The van der Waals surface area contributed by atoms with Crippen LogP contribution < -0.4 is 10.6 Å². The number of amides is 2. The lowest BCUT2D eigenvalue weighted by Crippen LogP contribution is -2.41. The van der Waals surface area contributed by atoms with Gasteiger partial charge < -0.3 is 20.3 Å². The van der Waals surface area contributed by atoms with Crippen LogP contribution in [0.1, 0.15) is 30.6 Å². The molecular weight excluding hydrogens is 294 g/mol. The van der Waals surface area contributed by atoms with Crippen molar-refractivity contribution in [3.8, 4) is 0 Å². The molecule has 0 radical (unpaired) electrons. The zero-order valence-electron chi connectivity index (χ0n) is 13.6. The van der Waals surface area contributed by atoms with E-state index < -0.39 is 0 Å². The molecular formula is C17H23N3O3. The van der Waals surface area contributed by atoms with Gasteiger partial charge in [0.1, 0.15) is 6.04 Å². The van der Waals surface area contributed by atoms with Crippen molar-refractivity contribution in [2.45, 2.75) is 26.3 Å². The van der Waals surface area contributed by atoms with Gasteiger partial charge in [0.25, 0.3) is 5.91 Å². The molecule has 2 amide bonds. The van der Waals surface area contributed by atoms with Crippen LogP contribution >= 0.6 is 0 Å². The zero-order valence-corrected chi connectivity index (χ0v) is 13.6. The summed E-state index contributed by atoms with van der Waals surface area (Å²) in [6, 6.07) is 5.22. The van der Waals surface area contributed by atoms with Crippen molar-refractivity contribution in [3.63, 3.8) is 0 Å². The zero-order chi connectivity index (χ0) is 16.4. The molecule has 1 unspecified atom stereocenters. The molecule has 1 aromatic carbocycles. The minimum atomic E-state index is -0.219. The number of hydrogen-bond donors (Lipinski definition) is 2. The van der Waals surface area contributed by atoms with E-state index in [1.165, 1.54) is 0 Å². The van der Waals surface area contributed by atoms with Crippen molar-refractivity contribution in [1.82, 2.24) is 4.90 Å². The molecule has 2 aliphatic heterocycles. The second kappa shape index (κ2) is 6.58. The second-order valence-corrected chi connectivity index (χ2v) is 6.48. The first kappa shape index (κ1) is 15.8. The van der Waals surface area contributed by atoms with Crippen LogP contribution in [-0.4, -0.2) is 49.1 Å². The van der Waals surface area contributed by atoms with Gasteiger partial charge in [0.15, 0.2) is 0 Å². The molecule has 6 nitrogen and oxygen atoms in total. The van der Waals surface area contributed by atoms with E-state index in [0.717, 1.165) is 12.1 Å². The van der Waals surface area contributed by atoms with E-state index in [4.69, 9.17) is 4.74 Å². The summed E-state index contributed by atoms with van der Waals surface area (Å²) in [6.07, 6.45) is 0.778. The van der Waals surface area contributed by atoms with Crippen molar-refractivity contribution in [2.75, 3.05) is 36.9 Å². The molecule has 1 aromatic rings. The molecule has 6 heteroatoms. The summed E-state index contributed by atoms with van der Waals surface area (Å²) in [4.78, 5) is 26.5. The average Bonchev–Trinajstić information content (AvgIpc) is 2.55. The molecule has 0 aliphatic carbocycles. The Morgan fingerprint density at radius 1 is 1.30 bits per heavy atom. The number of carbonyl (C=O) groups is 2. The van der Waals surface area contributed by atoms with Gasteiger partial charge in [-0.1, -0.05) is 13.8 Å². The van der Waals surface area contributed by atoms with Crippen molar-refractivity contribution in [1.29, 1.82) is 0 Å². The van der Waals surface area contributed by atoms with Gasteiger partial charge in [-0.2, -0.15) is 0 Å². The molecule has 2 aliphatic rings. The van der Waals surface area contributed by atoms with E-state index in [1.807, 2.05) is 12.1 Å². The molecule has 0 saturated carbocycles. The summed E-state index contributed by atoms with van der Waals surface area (Å²) in [5, 5.41) is 6.18. The Morgan fingerprint density at radius 2 is 2.04 bits per heavy atom. The molecule has 2 heterocycles. The fraction of sp³-hybridized carbons (Fsp3) is 0.529. The molecule has 0 spiro atoms. The summed E-state index contributed by atoms with van der Waals surface area (Å²) in [7, 11) is 0. The Morgan fingerprint density at radius 3 is 2.74 bits per heavy atom. The van der Waals surface area contributed by atoms with E-state index in [-0.39, 0.29) is 17.9 Å². The monoisotopic (exact) mass is 317 g/mol. The lowest BCUT2D eigenvalue weighted by atomic mass is 10.00. The van der Waals surface area contributed by atoms with Crippen molar-refractivity contribution in [2.24, 2.45) is 5.92 Å². The number of rotatable bonds is 3. The Bertz CT molecular complexity index is 609. The molecule has 1 atom stereocenters. The number of hydrogen-bond acceptors (Lipinski definition) is 4. The molecule has 23 heavy (non-hydrogen) atoms. The summed E-state index contributed by atoms with van der Waals surface area (Å²) >= 11 is 0. The second-order valence-electron chi connectivity index (χ2n) is 6.48. The van der Waals surface area contributed by atoms with Gasteiger partial charge >= 0.3 is 0 Å². The number of benzene rings is 1. The maximum atomic E-state index is 12.5. The molecule has 1 saturated heterocycles. The van der Waals surface area contributed by atoms with Gasteiger partial charge in [-0.25, -0.2) is 0 Å². The first-order valence-electron chi connectivity index (χ1n) is 8.13. The van der Waals surface area contributed by atoms with E-state index in [2.05, 4.69) is 24.5 Å². The van der Waals surface area contributed by atoms with E-state index in [0.29, 0.717) is 43.5 Å². The van der Waals surface area contributed by atoms with Crippen LogP contribution in [0.5, 0.6) is 0 Å². The molecule has 3 rings (SSSR count). The van der Waals surface area contributed by atoms with Crippen LogP contribution in [0.4, 0.5) is 11.4 Å². The number of nitrogens with zero attached hydrogens (tertiary/aromatic N) is 1. The SMILES string of the molecule is CC(C)CC1Nc2ccc(C(=O)N3CCOCC3)cc2NC1=O. The van der Waals surface area contributed by atoms with Crippen molar-refractivity contribution in [3.05, 3.63) is 23.8 Å². The largest absolute Gasteiger partial charge is 0.378 e. The van der Waals surface area contributed by atoms with Crippen LogP contribution in [-0.2, 0) is 9.53 Å². The fourth-order valence-corrected chi connectivity index (χ4v) is 2.97. The van der Waals surface area contributed by atoms with Crippen LogP contribution in [0.2, 0.25) is 0 Å². The standard InChI is InChI=1S/C17H23N3O3/c1-11(2)9-15-16(21)19-14-10-12(3-4-13(14)18-15)17(22)20-5-7-23-8-6-20/h3-4,10-11,15,18H,5-9H2,1-2H3,(H,19,21). The lowest BCUT2D eigenvalue weighted by molar-refractivity contribution is -0.117. The summed E-state index contributed by atoms with van der Waals surface area (Å²) in [5.41, 5.74) is 2.14. The first-order valence-corrected chi connectivity index (χ1v) is 8.13. The number of carbonyl (C=O) groups excluding carboxylic acids is 2. The Hall–Kier alpha value is -2.08. The van der Waals surface area contributed by atoms with Crippen LogP contribution in [0.25, 0.3) is 0 Å². The highest BCUT2D eigenvalue weighted by molar-refractivity contribution is 6.05. The molecule has 0 bridgehead atoms. The van der Waals surface area contributed by atoms with Gasteiger partial charge in [0, 0.05) is 18.7 Å². The van der Waals surface area contributed by atoms with Crippen LogP contribution in [0.3, 0.4) is 0 Å². The first-order chi connectivity index (χ1) is 11.0. The van der Waals surface area contributed by atoms with Crippen LogP contribution in [0.15, 0.2) is 18.2 Å². The number of fused-ring (bicyclic) bond motifs is 1. The highest BCUT2D eigenvalue weighted by atomic mass is 16.5. The fourth-order valence-electron chi connectivity index (χ4n) is 2.97. The highest BCUT2D eigenvalue weighted by Gasteiger charge is 2.27. The number of ether oxygens (including phenoxy) is 1. The molecule has 2 N–H and O–H groups in total. The average molecular weight is 317 g/mol. The number of nitrogens with one attached hydrogen (secondary N) is 2. The quantitative estimate of drug-likeness (QED) is 0.894. The number of morpholine rings is 1. The molecule has 1 fully saturated rings. The Labute approximate surface area is 136 Å². The normalized spacial score (nSPS) is 20.7. The minimum absolute atomic E-state index is 0.0188. The maximum Gasteiger partial charge on any atom is 0.254 e. The number of anilines is 2. The predicted octanol–water partition coefficient (Wildman–Crippen LogP) is 1.94. The summed E-state index contributed by atoms with van der Waals surface area (Å²) < 4.78 is 5.27. The Balaban J connectivity index is 1.76. The molecule has 0 aromatic heterocycles. The summed E-state index contributed by atoms with van der Waals surface area (Å²) in [6.45, 7) is 6.55. The Kier molecular flexibility index (Phi) is 4.52. The third-order valence-electron chi connectivity index (χ3n) is 4.18. The highest BCUT2D eigenvalue weighted by Crippen LogP contribution is 2.30. The van der Waals surface area contributed by atoms with Crippen molar-refractivity contribution < 1.29 is 14.3 Å². The van der Waals surface area contributed by atoms with Crippen molar-refractivity contribution >= 4 is 23.2 Å². The lowest BCUT2D eigenvalue weighted by Gasteiger charge is -2.29. The molecule has 124 valence electrons. The topological polar surface area (TPSA) is 70.7 Å². The van der Waals surface area contributed by atoms with Gasteiger partial charge in [0.2, 0.25) is 5.91 Å². The van der Waals surface area contributed by atoms with E-state index >= 15 is 0 Å². The van der Waals surface area contributed by atoms with E-state index in [1.54, 1.807) is 11.0 Å². The van der Waals surface area contributed by atoms with Gasteiger partial charge in [-0.15, -0.1) is 0 Å². The smallest absolute Gasteiger partial charge is 0.254 e. The third kappa shape index (κ3) is 3.47. The van der Waals surface area contributed by atoms with Gasteiger partial charge in [-0.05, 0) is 30.5 Å². The minimum Gasteiger partial charge on any atom is -0.378 e. The summed E-state index contributed by atoms with van der Waals surface area (Å²) in [5.74, 6) is 0.374. The van der Waals surface area contributed by atoms with Gasteiger partial charge in [0.05, 0.1) is 24.6 Å².